The summed E-state index contributed by atoms with van der Waals surface area (Å²) in [5.41, 5.74) is 2.24. The van der Waals surface area contributed by atoms with E-state index in [4.69, 9.17) is 0 Å². The van der Waals surface area contributed by atoms with Crippen LogP contribution in [0.4, 0.5) is 5.00 Å². The zero-order chi connectivity index (χ0) is 9.80. The summed E-state index contributed by atoms with van der Waals surface area (Å²) in [5, 5.41) is 4.40. The summed E-state index contributed by atoms with van der Waals surface area (Å²) in [6.07, 6.45) is 3.64. The smallest absolute Gasteiger partial charge is 0.109 e. The van der Waals surface area contributed by atoms with Gasteiger partial charge in [-0.3, -0.25) is 4.98 Å². The van der Waals surface area contributed by atoms with Gasteiger partial charge in [0, 0.05) is 18.9 Å². The molecule has 0 saturated carbocycles. The summed E-state index contributed by atoms with van der Waals surface area (Å²) in [6.45, 7) is 2.79. The van der Waals surface area contributed by atoms with Crippen LogP contribution in [0, 0.1) is 6.92 Å². The molecule has 0 spiro atoms. The van der Waals surface area contributed by atoms with E-state index in [0.717, 1.165) is 17.2 Å². The molecule has 2 heterocycles. The van der Waals surface area contributed by atoms with E-state index >= 15 is 0 Å². The maximum atomic E-state index is 4.19. The predicted molar refractivity (Wildman–Crippen MR) is 58.4 cm³/mol. The summed E-state index contributed by atoms with van der Waals surface area (Å²) in [5.74, 6) is 0. The van der Waals surface area contributed by atoms with Gasteiger partial charge >= 0.3 is 0 Å². The Morgan fingerprint density at radius 2 is 2.43 bits per heavy atom. The minimum absolute atomic E-state index is 0.801. The standard InChI is InChI=1S/C10H11N3S/c1-8-5-10(14-13-8)12-7-9-3-2-4-11-6-9/h2-6,12H,7H2,1H3. The van der Waals surface area contributed by atoms with Crippen molar-refractivity contribution < 1.29 is 0 Å². The first-order valence-corrected chi connectivity index (χ1v) is 5.18. The molecule has 0 radical (unpaired) electrons. The Hall–Kier alpha value is -1.42. The zero-order valence-electron chi connectivity index (χ0n) is 7.90. The normalized spacial score (nSPS) is 10.1. The van der Waals surface area contributed by atoms with E-state index in [1.54, 1.807) is 6.20 Å². The molecular formula is C10H11N3S. The average Bonchev–Trinajstić information content (AvgIpc) is 2.63. The van der Waals surface area contributed by atoms with Gasteiger partial charge in [-0.2, -0.15) is 4.37 Å². The molecule has 0 aliphatic heterocycles. The lowest BCUT2D eigenvalue weighted by Crippen LogP contribution is -1.97. The van der Waals surface area contributed by atoms with Crippen molar-refractivity contribution in [1.29, 1.82) is 0 Å². The van der Waals surface area contributed by atoms with Crippen LogP contribution in [0.1, 0.15) is 11.3 Å². The van der Waals surface area contributed by atoms with Crippen molar-refractivity contribution in [1.82, 2.24) is 9.36 Å². The monoisotopic (exact) mass is 205 g/mol. The van der Waals surface area contributed by atoms with E-state index in [1.807, 2.05) is 31.3 Å². The van der Waals surface area contributed by atoms with Crippen molar-refractivity contribution in [2.75, 3.05) is 5.32 Å². The largest absolute Gasteiger partial charge is 0.372 e. The van der Waals surface area contributed by atoms with Gasteiger partial charge in [-0.1, -0.05) is 6.07 Å². The summed E-state index contributed by atoms with van der Waals surface area (Å²) in [6, 6.07) is 6.03. The first-order chi connectivity index (χ1) is 6.84. The molecule has 2 aromatic heterocycles. The van der Waals surface area contributed by atoms with Gasteiger partial charge in [0.2, 0.25) is 0 Å². The van der Waals surface area contributed by atoms with Crippen LogP contribution in [0.5, 0.6) is 0 Å². The first-order valence-electron chi connectivity index (χ1n) is 4.41. The molecule has 14 heavy (non-hydrogen) atoms. The van der Waals surface area contributed by atoms with Gasteiger partial charge in [0.1, 0.15) is 5.00 Å². The number of aromatic nitrogens is 2. The van der Waals surface area contributed by atoms with Crippen LogP contribution < -0.4 is 5.32 Å². The molecule has 2 aromatic rings. The maximum Gasteiger partial charge on any atom is 0.109 e. The molecule has 0 bridgehead atoms. The Kier molecular flexibility index (Phi) is 2.74. The first kappa shape index (κ1) is 9.15. The Balaban J connectivity index is 1.95. The van der Waals surface area contributed by atoms with Crippen LogP contribution in [0.25, 0.3) is 0 Å². The van der Waals surface area contributed by atoms with Crippen molar-refractivity contribution in [3.8, 4) is 0 Å². The Morgan fingerprint density at radius 1 is 1.50 bits per heavy atom. The topological polar surface area (TPSA) is 37.8 Å². The molecule has 0 saturated heterocycles. The lowest BCUT2D eigenvalue weighted by molar-refractivity contribution is 1.12. The molecule has 1 N–H and O–H groups in total. The SMILES string of the molecule is Cc1cc(NCc2cccnc2)sn1. The molecule has 0 aliphatic carbocycles. The van der Waals surface area contributed by atoms with Crippen LogP contribution in [0.3, 0.4) is 0 Å². The third-order valence-corrected chi connectivity index (χ3v) is 2.66. The minimum atomic E-state index is 0.801. The third-order valence-electron chi connectivity index (χ3n) is 1.82. The number of nitrogens with one attached hydrogen (secondary N) is 1. The van der Waals surface area contributed by atoms with Crippen molar-refractivity contribution in [3.05, 3.63) is 41.9 Å². The highest BCUT2D eigenvalue weighted by molar-refractivity contribution is 7.10. The fraction of sp³-hybridized carbons (Fsp3) is 0.200. The van der Waals surface area contributed by atoms with Crippen LogP contribution >= 0.6 is 11.5 Å². The van der Waals surface area contributed by atoms with Crippen molar-refractivity contribution in [2.24, 2.45) is 0 Å². The van der Waals surface area contributed by atoms with Crippen molar-refractivity contribution >= 4 is 16.5 Å². The molecule has 72 valence electrons. The number of hydrogen-bond donors (Lipinski definition) is 1. The number of hydrogen-bond acceptors (Lipinski definition) is 4. The number of pyridine rings is 1. The lowest BCUT2D eigenvalue weighted by atomic mass is 10.3. The highest BCUT2D eigenvalue weighted by atomic mass is 32.1. The molecule has 2 rings (SSSR count). The summed E-state index contributed by atoms with van der Waals surface area (Å²) >= 11 is 1.49. The van der Waals surface area contributed by atoms with Crippen molar-refractivity contribution in [2.45, 2.75) is 13.5 Å². The van der Waals surface area contributed by atoms with E-state index in [1.165, 1.54) is 17.1 Å². The summed E-state index contributed by atoms with van der Waals surface area (Å²) < 4.78 is 4.19. The number of anilines is 1. The second-order valence-corrected chi connectivity index (χ2v) is 3.85. The quantitative estimate of drug-likeness (QED) is 0.836. The molecular weight excluding hydrogens is 194 g/mol. The number of rotatable bonds is 3. The molecule has 0 atom stereocenters. The van der Waals surface area contributed by atoms with E-state index in [2.05, 4.69) is 14.7 Å². The number of aryl methyl sites for hydroxylation is 1. The Labute approximate surface area is 87.0 Å². The zero-order valence-corrected chi connectivity index (χ0v) is 8.71. The van der Waals surface area contributed by atoms with Gasteiger partial charge in [0.05, 0.1) is 5.69 Å². The van der Waals surface area contributed by atoms with E-state index < -0.39 is 0 Å². The minimum Gasteiger partial charge on any atom is -0.372 e. The van der Waals surface area contributed by atoms with Gasteiger partial charge in [-0.15, -0.1) is 0 Å². The van der Waals surface area contributed by atoms with Crippen LogP contribution in [0.15, 0.2) is 30.6 Å². The van der Waals surface area contributed by atoms with E-state index in [9.17, 15) is 0 Å². The summed E-state index contributed by atoms with van der Waals surface area (Å²) in [7, 11) is 0. The van der Waals surface area contributed by atoms with E-state index in [-0.39, 0.29) is 0 Å². The molecule has 0 unspecified atom stereocenters. The Bertz CT molecular complexity index is 397. The van der Waals surface area contributed by atoms with Crippen LogP contribution in [-0.2, 0) is 6.54 Å². The highest BCUT2D eigenvalue weighted by Gasteiger charge is 1.97. The van der Waals surface area contributed by atoms with Gasteiger partial charge < -0.3 is 5.32 Å². The van der Waals surface area contributed by atoms with Gasteiger partial charge in [0.25, 0.3) is 0 Å². The molecule has 0 aromatic carbocycles. The maximum absolute atomic E-state index is 4.19. The second-order valence-electron chi connectivity index (χ2n) is 3.05. The third kappa shape index (κ3) is 2.29. The van der Waals surface area contributed by atoms with Crippen LogP contribution in [0.2, 0.25) is 0 Å². The average molecular weight is 205 g/mol. The Morgan fingerprint density at radius 3 is 3.07 bits per heavy atom. The van der Waals surface area contributed by atoms with Gasteiger partial charge in [-0.25, -0.2) is 0 Å². The fourth-order valence-electron chi connectivity index (χ4n) is 1.14. The predicted octanol–water partition coefficient (Wildman–Crippen LogP) is 2.46. The van der Waals surface area contributed by atoms with E-state index in [0.29, 0.717) is 0 Å². The van der Waals surface area contributed by atoms with Crippen LogP contribution in [-0.4, -0.2) is 9.36 Å². The lowest BCUT2D eigenvalue weighted by Gasteiger charge is -2.01. The molecule has 4 heteroatoms. The van der Waals surface area contributed by atoms with Gasteiger partial charge in [-0.05, 0) is 36.2 Å². The molecule has 0 amide bonds. The van der Waals surface area contributed by atoms with Crippen molar-refractivity contribution in [3.63, 3.8) is 0 Å². The highest BCUT2D eigenvalue weighted by Crippen LogP contribution is 2.16. The van der Waals surface area contributed by atoms with Gasteiger partial charge in [0.15, 0.2) is 0 Å². The summed E-state index contributed by atoms with van der Waals surface area (Å²) in [4.78, 5) is 4.05. The number of nitrogens with zero attached hydrogens (tertiary/aromatic N) is 2. The molecule has 0 fully saturated rings. The molecule has 3 nitrogen and oxygen atoms in total. The molecule has 0 aliphatic rings. The fourth-order valence-corrected chi connectivity index (χ4v) is 1.79. The second kappa shape index (κ2) is 4.19.